The number of aromatic amines is 1. The van der Waals surface area contributed by atoms with Crippen LogP contribution in [0.3, 0.4) is 0 Å². The zero-order valence-corrected chi connectivity index (χ0v) is 6.40. The molecule has 2 heterocycles. The summed E-state index contributed by atoms with van der Waals surface area (Å²) in [5, 5.41) is 12.3. The van der Waals surface area contributed by atoms with Crippen LogP contribution < -0.4 is 16.0 Å². The van der Waals surface area contributed by atoms with Crippen molar-refractivity contribution < 1.29 is 4.79 Å². The number of H-pyrrole nitrogens is 1. The van der Waals surface area contributed by atoms with E-state index in [0.29, 0.717) is 5.82 Å². The normalized spacial score (nSPS) is 22.0. The number of hydrogen-bond donors (Lipinski definition) is 3. The van der Waals surface area contributed by atoms with E-state index in [1.165, 1.54) is 0 Å². The molecule has 1 amide bonds. The van der Waals surface area contributed by atoms with Crippen molar-refractivity contribution in [3.05, 3.63) is 5.69 Å². The predicted molar refractivity (Wildman–Crippen MR) is 40.2 cm³/mol. The van der Waals surface area contributed by atoms with E-state index in [-0.39, 0.29) is 11.6 Å². The molecule has 12 heavy (non-hydrogen) atoms. The Bertz CT molecular complexity index is 319. The number of carbonyl (C=O) groups excluding carboxylic acids is 1. The smallest absolute Gasteiger partial charge is 0.278 e. The van der Waals surface area contributed by atoms with Gasteiger partial charge in [0.25, 0.3) is 5.91 Å². The molecule has 0 aliphatic carbocycles. The summed E-state index contributed by atoms with van der Waals surface area (Å²) >= 11 is 0. The maximum absolute atomic E-state index is 11.2. The number of hydrogen-bond acceptors (Lipinski definition) is 5. The van der Waals surface area contributed by atoms with Crippen LogP contribution in [-0.2, 0) is 0 Å². The number of amides is 1. The molecule has 64 valence electrons. The molecule has 7 nitrogen and oxygen atoms in total. The summed E-state index contributed by atoms with van der Waals surface area (Å²) in [4.78, 5) is 12.8. The number of rotatable bonds is 0. The molecule has 0 radical (unpaired) electrons. The van der Waals surface area contributed by atoms with Gasteiger partial charge in [0, 0.05) is 7.05 Å². The molecule has 0 aromatic carbocycles. The van der Waals surface area contributed by atoms with Gasteiger partial charge < -0.3 is 10.2 Å². The summed E-state index contributed by atoms with van der Waals surface area (Å²) in [5.74, 6) is 0.176. The van der Waals surface area contributed by atoms with Crippen molar-refractivity contribution >= 4 is 11.7 Å². The monoisotopic (exact) mass is 168 g/mol. The van der Waals surface area contributed by atoms with Gasteiger partial charge in [-0.2, -0.15) is 5.21 Å². The molecule has 1 atom stereocenters. The summed E-state index contributed by atoms with van der Waals surface area (Å²) in [6.07, 6.45) is -0.532. The van der Waals surface area contributed by atoms with E-state index in [0.717, 1.165) is 0 Å². The number of fused-ring (bicyclic) bond motifs is 1. The van der Waals surface area contributed by atoms with Gasteiger partial charge in [0.2, 0.25) is 0 Å². The molecular weight excluding hydrogens is 160 g/mol. The molecule has 0 bridgehead atoms. The quantitative estimate of drug-likeness (QED) is 0.425. The summed E-state index contributed by atoms with van der Waals surface area (Å²) < 4.78 is 0. The van der Waals surface area contributed by atoms with Crippen LogP contribution in [0, 0.1) is 0 Å². The summed E-state index contributed by atoms with van der Waals surface area (Å²) in [6.45, 7) is 0. The van der Waals surface area contributed by atoms with Crippen LogP contribution in [0.2, 0.25) is 0 Å². The first kappa shape index (κ1) is 7.04. The predicted octanol–water partition coefficient (Wildman–Crippen LogP) is -1.77. The lowest BCUT2D eigenvalue weighted by Crippen LogP contribution is -2.56. The van der Waals surface area contributed by atoms with Gasteiger partial charge in [0.05, 0.1) is 0 Å². The Hall–Kier alpha value is -1.63. The average molecular weight is 168 g/mol. The van der Waals surface area contributed by atoms with E-state index in [2.05, 4.69) is 20.7 Å². The number of anilines is 1. The van der Waals surface area contributed by atoms with E-state index in [1.54, 1.807) is 11.9 Å². The molecule has 0 saturated carbocycles. The molecule has 0 spiro atoms. The minimum atomic E-state index is -0.532. The molecule has 4 N–H and O–H groups in total. The van der Waals surface area contributed by atoms with Crippen LogP contribution in [0.25, 0.3) is 0 Å². The summed E-state index contributed by atoms with van der Waals surface area (Å²) in [7, 11) is 1.73. The molecule has 2 rings (SSSR count). The molecule has 0 fully saturated rings. The van der Waals surface area contributed by atoms with Crippen LogP contribution in [0.5, 0.6) is 0 Å². The van der Waals surface area contributed by atoms with Crippen molar-refractivity contribution in [3.63, 3.8) is 0 Å². The Morgan fingerprint density at radius 2 is 2.33 bits per heavy atom. The van der Waals surface area contributed by atoms with Crippen molar-refractivity contribution in [2.45, 2.75) is 6.29 Å². The second-order valence-corrected chi connectivity index (χ2v) is 2.53. The van der Waals surface area contributed by atoms with E-state index in [1.807, 2.05) is 0 Å². The van der Waals surface area contributed by atoms with E-state index >= 15 is 0 Å². The maximum Gasteiger partial charge on any atom is 0.278 e. The van der Waals surface area contributed by atoms with Crippen molar-refractivity contribution in [2.24, 2.45) is 5.73 Å². The third-order valence-corrected chi connectivity index (χ3v) is 1.77. The van der Waals surface area contributed by atoms with Gasteiger partial charge in [0.15, 0.2) is 17.8 Å². The highest BCUT2D eigenvalue weighted by Crippen LogP contribution is 2.16. The molecule has 1 aliphatic heterocycles. The Morgan fingerprint density at radius 3 is 3.08 bits per heavy atom. The number of aromatic nitrogens is 3. The SMILES string of the molecule is CN1c2n[nH]nc2C(=O)NC1N. The standard InChI is InChI=1S/C5H8N6O/c1-11-3-2(8-10-9-3)4(12)7-5(11)6/h5H,6H2,1H3,(H,7,12)(H,8,9,10). The van der Waals surface area contributed by atoms with Crippen molar-refractivity contribution in [1.29, 1.82) is 0 Å². The van der Waals surface area contributed by atoms with Crippen molar-refractivity contribution in [2.75, 3.05) is 11.9 Å². The average Bonchev–Trinajstić information content (AvgIpc) is 2.48. The summed E-state index contributed by atoms with van der Waals surface area (Å²) in [6, 6.07) is 0. The molecular formula is C5H8N6O. The van der Waals surface area contributed by atoms with E-state index in [4.69, 9.17) is 5.73 Å². The lowest BCUT2D eigenvalue weighted by Gasteiger charge is -2.28. The third kappa shape index (κ3) is 0.766. The lowest BCUT2D eigenvalue weighted by molar-refractivity contribution is 0.0924. The number of nitrogens with one attached hydrogen (secondary N) is 2. The van der Waals surface area contributed by atoms with Crippen LogP contribution in [0.15, 0.2) is 0 Å². The Kier molecular flexibility index (Phi) is 1.28. The number of nitrogens with two attached hydrogens (primary N) is 1. The van der Waals surface area contributed by atoms with Crippen molar-refractivity contribution in [3.8, 4) is 0 Å². The van der Waals surface area contributed by atoms with Crippen LogP contribution in [0.4, 0.5) is 5.82 Å². The van der Waals surface area contributed by atoms with E-state index < -0.39 is 6.29 Å². The lowest BCUT2D eigenvalue weighted by atomic mass is 10.3. The van der Waals surface area contributed by atoms with Crippen LogP contribution in [0.1, 0.15) is 10.5 Å². The van der Waals surface area contributed by atoms with E-state index in [9.17, 15) is 4.79 Å². The highest BCUT2D eigenvalue weighted by molar-refractivity contribution is 5.98. The molecule has 7 heteroatoms. The molecule has 1 aromatic heterocycles. The largest absolute Gasteiger partial charge is 0.323 e. The Balaban J connectivity index is 2.49. The van der Waals surface area contributed by atoms with Crippen LogP contribution in [-0.4, -0.2) is 34.7 Å². The van der Waals surface area contributed by atoms with Crippen molar-refractivity contribution in [1.82, 2.24) is 20.7 Å². The first-order valence-electron chi connectivity index (χ1n) is 3.40. The Morgan fingerprint density at radius 1 is 1.58 bits per heavy atom. The number of carbonyl (C=O) groups is 1. The maximum atomic E-state index is 11.2. The van der Waals surface area contributed by atoms with Crippen LogP contribution >= 0.6 is 0 Å². The molecule has 1 aromatic rings. The highest BCUT2D eigenvalue weighted by atomic mass is 16.2. The minimum absolute atomic E-state index is 0.277. The van der Waals surface area contributed by atoms with Gasteiger partial charge in [-0.05, 0) is 0 Å². The third-order valence-electron chi connectivity index (χ3n) is 1.77. The second kappa shape index (κ2) is 2.18. The van der Waals surface area contributed by atoms with Gasteiger partial charge in [-0.1, -0.05) is 0 Å². The number of nitrogens with zero attached hydrogens (tertiary/aromatic N) is 3. The summed E-state index contributed by atoms with van der Waals surface area (Å²) in [5.41, 5.74) is 5.83. The zero-order valence-electron chi connectivity index (χ0n) is 6.40. The molecule has 0 saturated heterocycles. The molecule has 1 aliphatic rings. The topological polar surface area (TPSA) is 99.9 Å². The first-order valence-corrected chi connectivity index (χ1v) is 3.40. The minimum Gasteiger partial charge on any atom is -0.323 e. The fraction of sp³-hybridized carbons (Fsp3) is 0.400. The zero-order chi connectivity index (χ0) is 8.72. The molecule has 1 unspecified atom stereocenters. The fourth-order valence-electron chi connectivity index (χ4n) is 1.05. The van der Waals surface area contributed by atoms with Gasteiger partial charge in [0.1, 0.15) is 0 Å². The first-order chi connectivity index (χ1) is 5.70. The fourth-order valence-corrected chi connectivity index (χ4v) is 1.05. The van der Waals surface area contributed by atoms with Gasteiger partial charge in [-0.25, -0.2) is 0 Å². The second-order valence-electron chi connectivity index (χ2n) is 2.53. The Labute approximate surface area is 67.9 Å². The van der Waals surface area contributed by atoms with Gasteiger partial charge in [-0.15, -0.1) is 10.2 Å². The van der Waals surface area contributed by atoms with Gasteiger partial charge in [-0.3, -0.25) is 10.5 Å². The van der Waals surface area contributed by atoms with Gasteiger partial charge >= 0.3 is 0 Å². The highest BCUT2D eigenvalue weighted by Gasteiger charge is 2.29.